The molecular formula is C16H21N5O2. The smallest absolute Gasteiger partial charge is 0.225 e. The summed E-state index contributed by atoms with van der Waals surface area (Å²) in [6, 6.07) is 5.75. The molecule has 3 heterocycles. The summed E-state index contributed by atoms with van der Waals surface area (Å²) in [6.07, 6.45) is 2.96. The van der Waals surface area contributed by atoms with Crippen LogP contribution in [0.5, 0.6) is 0 Å². The molecule has 7 nitrogen and oxygen atoms in total. The van der Waals surface area contributed by atoms with E-state index in [4.69, 9.17) is 10.5 Å². The minimum absolute atomic E-state index is 0.0347. The Labute approximate surface area is 134 Å². The number of carbonyl (C=O) groups excluding carboxylic acids is 1. The third kappa shape index (κ3) is 3.92. The molecule has 3 rings (SSSR count). The van der Waals surface area contributed by atoms with Crippen LogP contribution in [0, 0.1) is 12.8 Å². The largest absolute Gasteiger partial charge is 0.381 e. The van der Waals surface area contributed by atoms with Crippen LogP contribution in [0.3, 0.4) is 0 Å². The molecule has 0 bridgehead atoms. The predicted octanol–water partition coefficient (Wildman–Crippen LogP) is 0.968. The summed E-state index contributed by atoms with van der Waals surface area (Å²) in [5.74, 6) is 1.92. The maximum absolute atomic E-state index is 11.2. The first kappa shape index (κ1) is 15.6. The highest BCUT2D eigenvalue weighted by atomic mass is 16.5. The second-order valence-electron chi connectivity index (χ2n) is 5.92. The van der Waals surface area contributed by atoms with Gasteiger partial charge in [-0.3, -0.25) is 4.79 Å². The van der Waals surface area contributed by atoms with Gasteiger partial charge in [0, 0.05) is 25.3 Å². The molecule has 0 aliphatic carbocycles. The van der Waals surface area contributed by atoms with E-state index in [2.05, 4.69) is 15.1 Å². The van der Waals surface area contributed by atoms with E-state index in [0.29, 0.717) is 17.6 Å². The van der Waals surface area contributed by atoms with Crippen LogP contribution in [-0.2, 0) is 22.4 Å². The predicted molar refractivity (Wildman–Crippen MR) is 84.0 cm³/mol. The van der Waals surface area contributed by atoms with Crippen molar-refractivity contribution in [2.24, 2.45) is 11.7 Å². The Morgan fingerprint density at radius 3 is 3.00 bits per heavy atom. The molecule has 0 saturated carbocycles. The number of carbonyl (C=O) groups is 1. The number of pyridine rings is 1. The van der Waals surface area contributed by atoms with Crippen molar-refractivity contribution < 1.29 is 9.53 Å². The Balaban J connectivity index is 1.91. The molecule has 2 N–H and O–H groups in total. The van der Waals surface area contributed by atoms with Crippen LogP contribution in [0.4, 0.5) is 0 Å². The maximum Gasteiger partial charge on any atom is 0.225 e. The number of hydrogen-bond acceptors (Lipinski definition) is 5. The van der Waals surface area contributed by atoms with Crippen LogP contribution >= 0.6 is 0 Å². The molecule has 1 atom stereocenters. The average Bonchev–Trinajstić information content (AvgIpc) is 2.90. The number of aryl methyl sites for hydroxylation is 1. The van der Waals surface area contributed by atoms with E-state index in [1.165, 1.54) is 0 Å². The van der Waals surface area contributed by atoms with Gasteiger partial charge in [0.2, 0.25) is 5.91 Å². The van der Waals surface area contributed by atoms with Crippen molar-refractivity contribution in [2.45, 2.75) is 32.6 Å². The van der Waals surface area contributed by atoms with Crippen LogP contribution in [0.15, 0.2) is 18.2 Å². The lowest BCUT2D eigenvalue weighted by Crippen LogP contribution is -2.21. The Hall–Kier alpha value is -2.28. The number of rotatable bonds is 5. The van der Waals surface area contributed by atoms with Crippen LogP contribution in [0.2, 0.25) is 0 Å². The molecule has 0 radical (unpaired) electrons. The number of amides is 1. The van der Waals surface area contributed by atoms with Gasteiger partial charge in [0.15, 0.2) is 11.6 Å². The third-order valence-corrected chi connectivity index (χ3v) is 3.87. The summed E-state index contributed by atoms with van der Waals surface area (Å²) in [7, 11) is 0. The number of ether oxygens (including phenoxy) is 1. The molecule has 1 aliphatic rings. The fourth-order valence-corrected chi connectivity index (χ4v) is 2.81. The van der Waals surface area contributed by atoms with Gasteiger partial charge in [0.1, 0.15) is 5.82 Å². The number of nitrogens with zero attached hydrogens (tertiary/aromatic N) is 4. The zero-order valence-electron chi connectivity index (χ0n) is 13.2. The molecule has 122 valence electrons. The number of nitrogens with two attached hydrogens (primary N) is 1. The topological polar surface area (TPSA) is 95.9 Å². The molecule has 1 aliphatic heterocycles. The van der Waals surface area contributed by atoms with Crippen LogP contribution < -0.4 is 5.73 Å². The van der Waals surface area contributed by atoms with E-state index in [-0.39, 0.29) is 6.42 Å². The molecule has 1 amide bonds. The molecule has 2 aromatic rings. The second-order valence-corrected chi connectivity index (χ2v) is 5.92. The number of primary amides is 1. The third-order valence-electron chi connectivity index (χ3n) is 3.87. The maximum atomic E-state index is 11.2. The van der Waals surface area contributed by atoms with Gasteiger partial charge in [-0.05, 0) is 37.8 Å². The molecule has 0 aromatic carbocycles. The van der Waals surface area contributed by atoms with Gasteiger partial charge in [-0.15, -0.1) is 5.10 Å². The van der Waals surface area contributed by atoms with E-state index >= 15 is 0 Å². The number of hydrogen-bond donors (Lipinski definition) is 1. The van der Waals surface area contributed by atoms with E-state index in [1.54, 1.807) is 4.68 Å². The quantitative estimate of drug-likeness (QED) is 0.887. The molecule has 7 heteroatoms. The summed E-state index contributed by atoms with van der Waals surface area (Å²) < 4.78 is 7.27. The molecular weight excluding hydrogens is 294 g/mol. The minimum Gasteiger partial charge on any atom is -0.381 e. The second kappa shape index (κ2) is 6.87. The van der Waals surface area contributed by atoms with Gasteiger partial charge in [0.05, 0.1) is 6.42 Å². The normalized spacial score (nSPS) is 18.0. The SMILES string of the molecule is Cc1cccc(-n2nc(CC(N)=O)nc2CC2CCCOC2)n1. The van der Waals surface area contributed by atoms with Gasteiger partial charge in [-0.25, -0.2) is 9.97 Å². The van der Waals surface area contributed by atoms with E-state index in [0.717, 1.165) is 44.0 Å². The number of aromatic nitrogens is 4. The molecule has 1 saturated heterocycles. The average molecular weight is 315 g/mol. The van der Waals surface area contributed by atoms with Crippen molar-refractivity contribution >= 4 is 5.91 Å². The summed E-state index contributed by atoms with van der Waals surface area (Å²) in [5, 5.41) is 4.43. The first-order valence-corrected chi connectivity index (χ1v) is 7.86. The lowest BCUT2D eigenvalue weighted by molar-refractivity contribution is -0.117. The minimum atomic E-state index is -0.438. The zero-order valence-corrected chi connectivity index (χ0v) is 13.2. The zero-order chi connectivity index (χ0) is 16.2. The monoisotopic (exact) mass is 315 g/mol. The van der Waals surface area contributed by atoms with E-state index in [1.807, 2.05) is 25.1 Å². The Kier molecular flexibility index (Phi) is 4.66. The first-order valence-electron chi connectivity index (χ1n) is 7.86. The molecule has 1 unspecified atom stereocenters. The molecule has 1 fully saturated rings. The van der Waals surface area contributed by atoms with E-state index < -0.39 is 5.91 Å². The fourth-order valence-electron chi connectivity index (χ4n) is 2.81. The standard InChI is InChI=1S/C16H21N5O2/c1-11-4-2-6-15(18-11)21-16(8-12-5-3-7-23-10-12)19-14(20-21)9-13(17)22/h2,4,6,12H,3,5,7-10H2,1H3,(H2,17,22). The van der Waals surface area contributed by atoms with Gasteiger partial charge < -0.3 is 10.5 Å². The van der Waals surface area contributed by atoms with Gasteiger partial charge in [-0.1, -0.05) is 6.07 Å². The van der Waals surface area contributed by atoms with Crippen molar-refractivity contribution in [1.29, 1.82) is 0 Å². The Morgan fingerprint density at radius 1 is 1.43 bits per heavy atom. The lowest BCUT2D eigenvalue weighted by atomic mass is 9.98. The molecule has 0 spiro atoms. The highest BCUT2D eigenvalue weighted by Crippen LogP contribution is 2.19. The van der Waals surface area contributed by atoms with Crippen LogP contribution in [0.25, 0.3) is 5.82 Å². The summed E-state index contributed by atoms with van der Waals surface area (Å²) in [5.41, 5.74) is 6.17. The Morgan fingerprint density at radius 2 is 2.30 bits per heavy atom. The molecule has 23 heavy (non-hydrogen) atoms. The van der Waals surface area contributed by atoms with Crippen molar-refractivity contribution in [1.82, 2.24) is 19.7 Å². The van der Waals surface area contributed by atoms with Gasteiger partial charge in [-0.2, -0.15) is 4.68 Å². The van der Waals surface area contributed by atoms with Crippen LogP contribution in [0.1, 0.15) is 30.2 Å². The first-order chi connectivity index (χ1) is 11.1. The van der Waals surface area contributed by atoms with E-state index in [9.17, 15) is 4.79 Å². The van der Waals surface area contributed by atoms with Crippen molar-refractivity contribution in [3.8, 4) is 5.82 Å². The van der Waals surface area contributed by atoms with Crippen molar-refractivity contribution in [2.75, 3.05) is 13.2 Å². The summed E-state index contributed by atoms with van der Waals surface area (Å²) in [6.45, 7) is 3.49. The summed E-state index contributed by atoms with van der Waals surface area (Å²) in [4.78, 5) is 20.2. The van der Waals surface area contributed by atoms with Crippen molar-refractivity contribution in [3.63, 3.8) is 0 Å². The van der Waals surface area contributed by atoms with Crippen molar-refractivity contribution in [3.05, 3.63) is 35.5 Å². The van der Waals surface area contributed by atoms with Gasteiger partial charge in [0.25, 0.3) is 0 Å². The fraction of sp³-hybridized carbons (Fsp3) is 0.500. The Bertz CT molecular complexity index is 692. The molecule has 2 aromatic heterocycles. The highest BCUT2D eigenvalue weighted by Gasteiger charge is 2.20. The highest BCUT2D eigenvalue weighted by molar-refractivity contribution is 5.75. The summed E-state index contributed by atoms with van der Waals surface area (Å²) >= 11 is 0. The van der Waals surface area contributed by atoms with Gasteiger partial charge >= 0.3 is 0 Å². The van der Waals surface area contributed by atoms with Crippen LogP contribution in [-0.4, -0.2) is 38.9 Å². The lowest BCUT2D eigenvalue weighted by Gasteiger charge is -2.21.